The maximum Gasteiger partial charge on any atom is 0.325 e. The van der Waals surface area contributed by atoms with Crippen molar-refractivity contribution in [1.82, 2.24) is 19.4 Å². The minimum Gasteiger partial charge on any atom is -0.383 e. The van der Waals surface area contributed by atoms with Gasteiger partial charge in [0.25, 0.3) is 0 Å². The van der Waals surface area contributed by atoms with E-state index in [0.717, 1.165) is 18.2 Å². The van der Waals surface area contributed by atoms with E-state index >= 15 is 4.39 Å². The normalized spacial score (nSPS) is 20.3. The van der Waals surface area contributed by atoms with Gasteiger partial charge in [-0.25, -0.2) is 27.9 Å². The Balaban J connectivity index is 1.36. The molecule has 36 heavy (non-hydrogen) atoms. The number of fused-ring (bicyclic) bond motifs is 2. The van der Waals surface area contributed by atoms with Gasteiger partial charge in [0, 0.05) is 41.0 Å². The van der Waals surface area contributed by atoms with E-state index in [-0.39, 0.29) is 41.5 Å². The van der Waals surface area contributed by atoms with Crippen molar-refractivity contribution in [2.75, 3.05) is 10.6 Å². The van der Waals surface area contributed by atoms with Crippen LogP contribution in [0.15, 0.2) is 48.9 Å². The average Bonchev–Trinajstić information content (AvgIpc) is 3.08. The molecule has 0 spiro atoms. The second kappa shape index (κ2) is 7.46. The standard InChI is InChI=1S/C26H23F3N6O/c1-26(2)21-22(26)35(25(36)34(21)10-13-8-14(27)4-7-18(13)28)15-5-6-16(19(29)9-15)17-11-33(3)24-20(17)23(30)31-12-32-24/h4-9,11-12,21-22H,10H2,1-3H3,(H2,30,31,32). The Morgan fingerprint density at radius 1 is 1.00 bits per heavy atom. The first-order chi connectivity index (χ1) is 17.1. The zero-order chi connectivity index (χ0) is 25.5. The first-order valence-corrected chi connectivity index (χ1v) is 11.5. The Morgan fingerprint density at radius 3 is 2.53 bits per heavy atom. The number of nitrogens with zero attached hydrogens (tertiary/aromatic N) is 5. The molecule has 3 heterocycles. The van der Waals surface area contributed by atoms with Crippen molar-refractivity contribution in [3.63, 3.8) is 0 Å². The molecular formula is C26H23F3N6O. The van der Waals surface area contributed by atoms with Gasteiger partial charge in [0.1, 0.15) is 35.2 Å². The molecule has 1 saturated carbocycles. The number of carbonyl (C=O) groups excluding carboxylic acids is 1. The molecule has 2 unspecified atom stereocenters. The van der Waals surface area contributed by atoms with E-state index in [0.29, 0.717) is 27.8 Å². The van der Waals surface area contributed by atoms with Crippen LogP contribution in [0.4, 0.5) is 29.5 Å². The molecular weight excluding hydrogens is 469 g/mol. The summed E-state index contributed by atoms with van der Waals surface area (Å²) >= 11 is 0. The molecule has 2 aromatic heterocycles. The number of amides is 2. The van der Waals surface area contributed by atoms with Gasteiger partial charge in [-0.3, -0.25) is 4.90 Å². The van der Waals surface area contributed by atoms with E-state index in [9.17, 15) is 13.6 Å². The summed E-state index contributed by atoms with van der Waals surface area (Å²) in [5, 5.41) is 0.551. The summed E-state index contributed by atoms with van der Waals surface area (Å²) in [5.74, 6) is -1.43. The highest BCUT2D eigenvalue weighted by atomic mass is 19.1. The summed E-state index contributed by atoms with van der Waals surface area (Å²) in [6.45, 7) is 3.93. The number of nitrogens with two attached hydrogens (primary N) is 1. The van der Waals surface area contributed by atoms with Gasteiger partial charge >= 0.3 is 6.03 Å². The molecule has 4 aromatic rings. The van der Waals surface area contributed by atoms with E-state index in [2.05, 4.69) is 9.97 Å². The number of aryl methyl sites for hydroxylation is 1. The quantitative estimate of drug-likeness (QED) is 0.442. The molecule has 7 nitrogen and oxygen atoms in total. The lowest BCUT2D eigenvalue weighted by molar-refractivity contribution is 0.197. The van der Waals surface area contributed by atoms with Crippen molar-refractivity contribution < 1.29 is 18.0 Å². The Morgan fingerprint density at radius 2 is 1.78 bits per heavy atom. The van der Waals surface area contributed by atoms with Crippen LogP contribution < -0.4 is 10.6 Å². The zero-order valence-electron chi connectivity index (χ0n) is 19.8. The van der Waals surface area contributed by atoms with Crippen LogP contribution in [0.2, 0.25) is 0 Å². The summed E-state index contributed by atoms with van der Waals surface area (Å²) in [5.41, 5.74) is 7.70. The molecule has 2 fully saturated rings. The number of benzene rings is 2. The molecule has 0 bridgehead atoms. The molecule has 10 heteroatoms. The van der Waals surface area contributed by atoms with Gasteiger partial charge in [-0.15, -0.1) is 0 Å². The lowest BCUT2D eigenvalue weighted by Gasteiger charge is -2.28. The summed E-state index contributed by atoms with van der Waals surface area (Å²) in [4.78, 5) is 24.8. The van der Waals surface area contributed by atoms with Crippen molar-refractivity contribution in [3.8, 4) is 11.1 Å². The second-order valence-electron chi connectivity index (χ2n) is 10.0. The molecule has 6 rings (SSSR count). The van der Waals surface area contributed by atoms with Gasteiger partial charge in [0.2, 0.25) is 0 Å². The highest BCUT2D eigenvalue weighted by Gasteiger charge is 2.71. The van der Waals surface area contributed by atoms with E-state index in [1.54, 1.807) is 34.8 Å². The van der Waals surface area contributed by atoms with Gasteiger partial charge in [0.15, 0.2) is 0 Å². The molecule has 1 aliphatic heterocycles. The van der Waals surface area contributed by atoms with Crippen LogP contribution in [-0.4, -0.2) is 37.5 Å². The first-order valence-electron chi connectivity index (χ1n) is 11.5. The summed E-state index contributed by atoms with van der Waals surface area (Å²) in [6.07, 6.45) is 3.10. The van der Waals surface area contributed by atoms with E-state index in [4.69, 9.17) is 5.73 Å². The lowest BCUT2D eigenvalue weighted by atomic mass is 10.0. The minimum atomic E-state index is -0.577. The van der Waals surface area contributed by atoms with Crippen LogP contribution in [0.1, 0.15) is 19.4 Å². The predicted octanol–water partition coefficient (Wildman–Crippen LogP) is 4.85. The smallest absolute Gasteiger partial charge is 0.325 e. The van der Waals surface area contributed by atoms with Gasteiger partial charge in [-0.2, -0.15) is 0 Å². The third-order valence-corrected chi connectivity index (χ3v) is 7.43. The number of hydrogen-bond donors (Lipinski definition) is 1. The van der Waals surface area contributed by atoms with Gasteiger partial charge in [-0.1, -0.05) is 13.8 Å². The topological polar surface area (TPSA) is 80.3 Å². The fourth-order valence-electron chi connectivity index (χ4n) is 5.60. The number of nitrogen functional groups attached to an aromatic ring is 1. The Kier molecular flexibility index (Phi) is 4.64. The van der Waals surface area contributed by atoms with Crippen molar-refractivity contribution in [2.24, 2.45) is 12.5 Å². The maximum atomic E-state index is 15.5. The van der Waals surface area contributed by atoms with Crippen molar-refractivity contribution in [2.45, 2.75) is 32.5 Å². The largest absolute Gasteiger partial charge is 0.383 e. The molecule has 2 atom stereocenters. The summed E-state index contributed by atoms with van der Waals surface area (Å²) in [7, 11) is 1.79. The number of carbonyl (C=O) groups is 1. The van der Waals surface area contributed by atoms with E-state index < -0.39 is 17.5 Å². The van der Waals surface area contributed by atoms with Gasteiger partial charge < -0.3 is 15.2 Å². The monoisotopic (exact) mass is 492 g/mol. The van der Waals surface area contributed by atoms with E-state index in [1.165, 1.54) is 17.3 Å². The summed E-state index contributed by atoms with van der Waals surface area (Å²) in [6, 6.07) is 7.03. The SMILES string of the molecule is Cn1cc(-c2ccc(N3C(=O)N(Cc4cc(F)ccc4F)C4C3C4(C)C)cc2F)c2c(N)ncnc21. The summed E-state index contributed by atoms with van der Waals surface area (Å²) < 4.78 is 45.3. The number of aromatic nitrogens is 3. The van der Waals surface area contributed by atoms with Gasteiger partial charge in [-0.05, 0) is 36.4 Å². The minimum absolute atomic E-state index is 0.0701. The van der Waals surface area contributed by atoms with Crippen LogP contribution in [0.25, 0.3) is 22.2 Å². The number of halogens is 3. The Bertz CT molecular complexity index is 1570. The highest BCUT2D eigenvalue weighted by Crippen LogP contribution is 2.58. The van der Waals surface area contributed by atoms with Crippen molar-refractivity contribution in [1.29, 1.82) is 0 Å². The molecule has 0 radical (unpaired) electrons. The second-order valence-corrected chi connectivity index (χ2v) is 10.0. The number of rotatable bonds is 4. The molecule has 184 valence electrons. The van der Waals surface area contributed by atoms with Crippen LogP contribution in [0.3, 0.4) is 0 Å². The highest BCUT2D eigenvalue weighted by molar-refractivity contribution is 6.02. The van der Waals surface area contributed by atoms with Crippen LogP contribution in [0, 0.1) is 22.9 Å². The molecule has 2 aliphatic rings. The molecule has 2 aromatic carbocycles. The fraction of sp³-hybridized carbons (Fsp3) is 0.269. The molecule has 1 saturated heterocycles. The fourth-order valence-corrected chi connectivity index (χ4v) is 5.60. The average molecular weight is 493 g/mol. The van der Waals surface area contributed by atoms with Crippen LogP contribution >= 0.6 is 0 Å². The number of hydrogen-bond acceptors (Lipinski definition) is 4. The lowest BCUT2D eigenvalue weighted by Crippen LogP contribution is -2.41. The zero-order valence-corrected chi connectivity index (χ0v) is 19.8. The first kappa shape index (κ1) is 22.4. The van der Waals surface area contributed by atoms with Crippen molar-refractivity contribution >= 4 is 28.6 Å². The maximum absolute atomic E-state index is 15.5. The molecule has 2 N–H and O–H groups in total. The van der Waals surface area contributed by atoms with Crippen LogP contribution in [0.5, 0.6) is 0 Å². The third kappa shape index (κ3) is 3.09. The Labute approximate surface area is 205 Å². The van der Waals surface area contributed by atoms with E-state index in [1.807, 2.05) is 13.8 Å². The number of anilines is 2. The molecule has 2 amide bonds. The van der Waals surface area contributed by atoms with Gasteiger partial charge in [0.05, 0.1) is 24.0 Å². The third-order valence-electron chi connectivity index (χ3n) is 7.43. The van der Waals surface area contributed by atoms with Crippen LogP contribution in [-0.2, 0) is 13.6 Å². The Hall–Kier alpha value is -4.08. The number of urea groups is 1. The predicted molar refractivity (Wildman–Crippen MR) is 129 cm³/mol. The molecule has 1 aliphatic carbocycles. The van der Waals surface area contributed by atoms with Crippen molar-refractivity contribution in [3.05, 3.63) is 71.9 Å².